The SMILES string of the molecule is CO[SiH](OC)C1NC(C)C(C)C2CCCCC21. The molecule has 4 heteroatoms. The van der Waals surface area contributed by atoms with Crippen molar-refractivity contribution in [2.24, 2.45) is 17.8 Å². The van der Waals surface area contributed by atoms with E-state index >= 15 is 0 Å². The van der Waals surface area contributed by atoms with Crippen molar-refractivity contribution in [3.63, 3.8) is 0 Å². The Morgan fingerprint density at radius 2 is 1.59 bits per heavy atom. The van der Waals surface area contributed by atoms with Crippen molar-refractivity contribution in [3.05, 3.63) is 0 Å². The van der Waals surface area contributed by atoms with Gasteiger partial charge in [-0.05, 0) is 37.5 Å². The van der Waals surface area contributed by atoms with Gasteiger partial charge in [-0.3, -0.25) is 0 Å². The molecule has 1 aliphatic heterocycles. The van der Waals surface area contributed by atoms with Crippen LogP contribution in [-0.4, -0.2) is 35.2 Å². The molecule has 2 aliphatic rings. The molecule has 1 saturated carbocycles. The maximum absolute atomic E-state index is 5.63. The van der Waals surface area contributed by atoms with Gasteiger partial charge < -0.3 is 14.2 Å². The Morgan fingerprint density at radius 3 is 2.18 bits per heavy atom. The highest BCUT2D eigenvalue weighted by molar-refractivity contribution is 6.46. The van der Waals surface area contributed by atoms with Crippen LogP contribution in [0.15, 0.2) is 0 Å². The zero-order valence-electron chi connectivity index (χ0n) is 11.6. The third-order valence-corrected chi connectivity index (χ3v) is 7.22. The van der Waals surface area contributed by atoms with E-state index in [0.717, 1.165) is 17.8 Å². The zero-order valence-corrected chi connectivity index (χ0v) is 12.8. The van der Waals surface area contributed by atoms with Gasteiger partial charge in [0.05, 0.1) is 5.67 Å². The maximum atomic E-state index is 5.63. The predicted octanol–water partition coefficient (Wildman–Crippen LogP) is 1.84. The minimum Gasteiger partial charge on any atom is -0.399 e. The quantitative estimate of drug-likeness (QED) is 0.783. The highest BCUT2D eigenvalue weighted by Gasteiger charge is 2.45. The van der Waals surface area contributed by atoms with Crippen LogP contribution in [-0.2, 0) is 8.85 Å². The first-order valence-corrected chi connectivity index (χ1v) is 8.61. The molecule has 5 unspecified atom stereocenters. The molecule has 0 spiro atoms. The van der Waals surface area contributed by atoms with Crippen LogP contribution >= 0.6 is 0 Å². The first-order chi connectivity index (χ1) is 8.19. The molecule has 2 fully saturated rings. The Hall–Kier alpha value is 0.0969. The van der Waals surface area contributed by atoms with E-state index in [1.807, 2.05) is 14.2 Å². The van der Waals surface area contributed by atoms with Gasteiger partial charge in [0, 0.05) is 20.3 Å². The lowest BCUT2D eigenvalue weighted by molar-refractivity contribution is 0.0663. The van der Waals surface area contributed by atoms with Crippen LogP contribution in [0.4, 0.5) is 0 Å². The Morgan fingerprint density at radius 1 is 1.00 bits per heavy atom. The first-order valence-electron chi connectivity index (χ1n) is 7.00. The van der Waals surface area contributed by atoms with Crippen molar-refractivity contribution < 1.29 is 8.85 Å². The van der Waals surface area contributed by atoms with E-state index in [-0.39, 0.29) is 0 Å². The van der Waals surface area contributed by atoms with Crippen molar-refractivity contribution in [1.29, 1.82) is 0 Å². The van der Waals surface area contributed by atoms with E-state index in [4.69, 9.17) is 8.85 Å². The molecule has 17 heavy (non-hydrogen) atoms. The summed E-state index contributed by atoms with van der Waals surface area (Å²) >= 11 is 0. The Labute approximate surface area is 107 Å². The van der Waals surface area contributed by atoms with Crippen molar-refractivity contribution in [2.75, 3.05) is 14.2 Å². The van der Waals surface area contributed by atoms with Gasteiger partial charge in [0.1, 0.15) is 0 Å². The average Bonchev–Trinajstić information content (AvgIpc) is 2.37. The van der Waals surface area contributed by atoms with Gasteiger partial charge in [-0.25, -0.2) is 0 Å². The van der Waals surface area contributed by atoms with Crippen molar-refractivity contribution in [3.8, 4) is 0 Å². The number of hydrogen-bond acceptors (Lipinski definition) is 3. The third kappa shape index (κ3) is 2.60. The molecule has 1 heterocycles. The van der Waals surface area contributed by atoms with E-state index in [0.29, 0.717) is 11.7 Å². The summed E-state index contributed by atoms with van der Waals surface area (Å²) < 4.78 is 11.3. The topological polar surface area (TPSA) is 30.5 Å². The summed E-state index contributed by atoms with van der Waals surface area (Å²) in [6.07, 6.45) is 5.56. The fourth-order valence-electron chi connectivity index (χ4n) is 3.91. The summed E-state index contributed by atoms with van der Waals surface area (Å²) in [4.78, 5) is 0. The highest BCUT2D eigenvalue weighted by Crippen LogP contribution is 2.42. The van der Waals surface area contributed by atoms with Crippen LogP contribution in [0.5, 0.6) is 0 Å². The van der Waals surface area contributed by atoms with Crippen LogP contribution in [0, 0.1) is 17.8 Å². The molecule has 0 aromatic heterocycles. The second-order valence-electron chi connectivity index (χ2n) is 5.79. The van der Waals surface area contributed by atoms with Gasteiger partial charge in [0.15, 0.2) is 0 Å². The molecular weight excluding hydrogens is 230 g/mol. The Kier molecular flexibility index (Phi) is 4.63. The largest absolute Gasteiger partial charge is 0.399 e. The molecule has 0 amide bonds. The minimum atomic E-state index is -1.54. The number of fused-ring (bicyclic) bond motifs is 1. The summed E-state index contributed by atoms with van der Waals surface area (Å²) in [6.45, 7) is 4.73. The van der Waals surface area contributed by atoms with Crippen molar-refractivity contribution >= 4 is 9.28 Å². The molecule has 0 bridgehead atoms. The van der Waals surface area contributed by atoms with E-state index in [2.05, 4.69) is 19.2 Å². The van der Waals surface area contributed by atoms with Gasteiger partial charge in [-0.1, -0.05) is 19.8 Å². The van der Waals surface area contributed by atoms with Crippen molar-refractivity contribution in [2.45, 2.75) is 51.2 Å². The van der Waals surface area contributed by atoms with Crippen LogP contribution in [0.2, 0.25) is 0 Å². The summed E-state index contributed by atoms with van der Waals surface area (Å²) in [5.74, 6) is 2.46. The zero-order chi connectivity index (χ0) is 12.4. The van der Waals surface area contributed by atoms with E-state index in [1.165, 1.54) is 25.7 Å². The van der Waals surface area contributed by atoms with Crippen LogP contribution in [0.1, 0.15) is 39.5 Å². The lowest BCUT2D eigenvalue weighted by Gasteiger charge is -2.49. The molecular formula is C13H27NO2Si. The van der Waals surface area contributed by atoms with Gasteiger partial charge >= 0.3 is 9.28 Å². The molecule has 0 aromatic rings. The fraction of sp³-hybridized carbons (Fsp3) is 1.00. The minimum absolute atomic E-state index is 0.501. The van der Waals surface area contributed by atoms with Gasteiger partial charge in [0.2, 0.25) is 0 Å². The molecule has 2 rings (SSSR count). The molecule has 1 aliphatic carbocycles. The van der Waals surface area contributed by atoms with E-state index < -0.39 is 9.28 Å². The normalized spacial score (nSPS) is 42.5. The Bertz CT molecular complexity index is 248. The predicted molar refractivity (Wildman–Crippen MR) is 72.2 cm³/mol. The fourth-order valence-corrected chi connectivity index (χ4v) is 6.03. The third-order valence-electron chi connectivity index (χ3n) is 5.01. The Balaban J connectivity index is 2.14. The standard InChI is InChI=1S/C13H27NO2Si/c1-9-10(2)14-13(17(15-3)16-4)12-8-6-5-7-11(9)12/h9-14,17H,5-8H2,1-4H3. The highest BCUT2D eigenvalue weighted by atomic mass is 28.3. The van der Waals surface area contributed by atoms with Gasteiger partial charge in [0.25, 0.3) is 0 Å². The number of rotatable bonds is 3. The molecule has 5 atom stereocenters. The summed E-state index contributed by atoms with van der Waals surface area (Å²) in [7, 11) is 2.07. The number of nitrogens with one attached hydrogen (secondary N) is 1. The van der Waals surface area contributed by atoms with E-state index in [1.54, 1.807) is 0 Å². The molecule has 1 saturated heterocycles. The smallest absolute Gasteiger partial charge is 0.338 e. The van der Waals surface area contributed by atoms with E-state index in [9.17, 15) is 0 Å². The van der Waals surface area contributed by atoms with Gasteiger partial charge in [-0.2, -0.15) is 0 Å². The second kappa shape index (κ2) is 5.82. The summed E-state index contributed by atoms with van der Waals surface area (Å²) in [5, 5.41) is 3.78. The van der Waals surface area contributed by atoms with Gasteiger partial charge in [-0.15, -0.1) is 0 Å². The first kappa shape index (κ1) is 13.5. The molecule has 1 N–H and O–H groups in total. The second-order valence-corrected chi connectivity index (χ2v) is 8.19. The van der Waals surface area contributed by atoms with Crippen molar-refractivity contribution in [1.82, 2.24) is 5.32 Å². The average molecular weight is 257 g/mol. The number of hydrogen-bond donors (Lipinski definition) is 1. The van der Waals surface area contributed by atoms with Crippen LogP contribution < -0.4 is 5.32 Å². The summed E-state index contributed by atoms with van der Waals surface area (Å²) in [5.41, 5.74) is 0.501. The lowest BCUT2D eigenvalue weighted by atomic mass is 9.68. The molecule has 0 radical (unpaired) electrons. The number of piperidine rings is 1. The lowest BCUT2D eigenvalue weighted by Crippen LogP contribution is -2.62. The summed E-state index contributed by atoms with van der Waals surface area (Å²) in [6, 6.07) is 0.597. The van der Waals surface area contributed by atoms with Crippen LogP contribution in [0.25, 0.3) is 0 Å². The molecule has 0 aromatic carbocycles. The van der Waals surface area contributed by atoms with Crippen LogP contribution in [0.3, 0.4) is 0 Å². The molecule has 3 nitrogen and oxygen atoms in total. The molecule has 100 valence electrons. The monoisotopic (exact) mass is 257 g/mol. The maximum Gasteiger partial charge on any atom is 0.338 e.